The second kappa shape index (κ2) is 6.91. The lowest BCUT2D eigenvalue weighted by Crippen LogP contribution is -2.28. The minimum Gasteiger partial charge on any atom is -0.310 e. The van der Waals surface area contributed by atoms with Crippen molar-refractivity contribution in [2.24, 2.45) is 0 Å². The molecule has 0 radical (unpaired) electrons. The van der Waals surface area contributed by atoms with Gasteiger partial charge >= 0.3 is 0 Å². The van der Waals surface area contributed by atoms with Crippen LogP contribution in [0, 0.1) is 20.8 Å². The number of benzene rings is 2. The third kappa shape index (κ3) is 3.12. The molecule has 6 heteroatoms. The van der Waals surface area contributed by atoms with Crippen LogP contribution in [0.15, 0.2) is 42.5 Å². The third-order valence-corrected chi connectivity index (χ3v) is 5.39. The van der Waals surface area contributed by atoms with Gasteiger partial charge in [0.1, 0.15) is 5.82 Å². The molecular weight excluding hydrogens is 374 g/mol. The summed E-state index contributed by atoms with van der Waals surface area (Å²) in [5, 5.41) is 8.11. The number of halogens is 1. The van der Waals surface area contributed by atoms with Gasteiger partial charge < -0.3 is 5.32 Å². The second-order valence-corrected chi connectivity index (χ2v) is 7.66. The van der Waals surface area contributed by atoms with E-state index in [0.717, 1.165) is 28.1 Å². The van der Waals surface area contributed by atoms with Crippen molar-refractivity contribution in [1.29, 1.82) is 0 Å². The van der Waals surface area contributed by atoms with Gasteiger partial charge in [0.25, 0.3) is 0 Å². The summed E-state index contributed by atoms with van der Waals surface area (Å²) in [7, 11) is 0. The monoisotopic (exact) mass is 393 g/mol. The van der Waals surface area contributed by atoms with Crippen LogP contribution in [0.1, 0.15) is 45.1 Å². The molecular formula is C22H20ClN3O2. The summed E-state index contributed by atoms with van der Waals surface area (Å²) in [5.74, 6) is -0.233. The first-order chi connectivity index (χ1) is 13.3. The van der Waals surface area contributed by atoms with Crippen molar-refractivity contribution in [1.82, 2.24) is 9.78 Å². The maximum absolute atomic E-state index is 13.3. The average molecular weight is 394 g/mol. The number of carbonyl (C=O) groups is 2. The van der Waals surface area contributed by atoms with Gasteiger partial charge in [0, 0.05) is 22.6 Å². The summed E-state index contributed by atoms with van der Waals surface area (Å²) in [4.78, 5) is 25.8. The molecule has 1 aliphatic rings. The van der Waals surface area contributed by atoms with Gasteiger partial charge in [0.15, 0.2) is 5.78 Å². The summed E-state index contributed by atoms with van der Waals surface area (Å²) >= 11 is 5.99. The second-order valence-electron chi connectivity index (χ2n) is 7.22. The molecule has 0 saturated heterocycles. The van der Waals surface area contributed by atoms with Gasteiger partial charge in [-0.25, -0.2) is 4.68 Å². The maximum atomic E-state index is 13.3. The fourth-order valence-electron chi connectivity index (χ4n) is 3.82. The first-order valence-electron chi connectivity index (χ1n) is 9.12. The van der Waals surface area contributed by atoms with Crippen molar-refractivity contribution in [2.45, 2.75) is 33.1 Å². The van der Waals surface area contributed by atoms with Crippen molar-refractivity contribution in [2.75, 3.05) is 5.32 Å². The third-order valence-electron chi connectivity index (χ3n) is 5.14. The molecule has 0 fully saturated rings. The number of fused-ring (bicyclic) bond motifs is 1. The van der Waals surface area contributed by atoms with Crippen LogP contribution < -0.4 is 5.32 Å². The van der Waals surface area contributed by atoms with E-state index in [2.05, 4.69) is 10.4 Å². The molecule has 0 saturated carbocycles. The highest BCUT2D eigenvalue weighted by Gasteiger charge is 2.36. The Kier molecular flexibility index (Phi) is 4.55. The molecule has 4 rings (SSSR count). The van der Waals surface area contributed by atoms with E-state index >= 15 is 0 Å². The van der Waals surface area contributed by atoms with E-state index in [1.807, 2.05) is 51.1 Å². The highest BCUT2D eigenvalue weighted by molar-refractivity contribution is 6.30. The van der Waals surface area contributed by atoms with Crippen molar-refractivity contribution >= 4 is 29.1 Å². The number of carbonyl (C=O) groups excluding carboxylic acids is 2. The predicted octanol–water partition coefficient (Wildman–Crippen LogP) is 4.76. The van der Waals surface area contributed by atoms with Crippen LogP contribution in [0.4, 0.5) is 5.82 Å². The fraction of sp³-hybridized carbons (Fsp3) is 0.227. The lowest BCUT2D eigenvalue weighted by molar-refractivity contribution is -0.116. The normalized spacial score (nSPS) is 15.9. The Hall–Kier alpha value is -2.92. The zero-order chi connectivity index (χ0) is 20.0. The molecule has 3 aromatic rings. The topological polar surface area (TPSA) is 64.0 Å². The summed E-state index contributed by atoms with van der Waals surface area (Å²) in [6.07, 6.45) is 0.117. The lowest BCUT2D eigenvalue weighted by atomic mass is 9.84. The molecule has 0 aliphatic carbocycles. The van der Waals surface area contributed by atoms with Gasteiger partial charge in [-0.1, -0.05) is 35.4 Å². The van der Waals surface area contributed by atoms with Gasteiger partial charge in [0.2, 0.25) is 5.91 Å². The van der Waals surface area contributed by atoms with Crippen LogP contribution in [-0.4, -0.2) is 21.5 Å². The van der Waals surface area contributed by atoms with E-state index in [4.69, 9.17) is 11.6 Å². The number of nitrogens with one attached hydrogen (secondary N) is 1. The van der Waals surface area contributed by atoms with Gasteiger partial charge in [-0.3, -0.25) is 9.59 Å². The number of hydrogen-bond donors (Lipinski definition) is 1. The first-order valence-corrected chi connectivity index (χ1v) is 9.49. The molecule has 2 aromatic carbocycles. The molecule has 1 amide bonds. The molecule has 1 aliphatic heterocycles. The average Bonchev–Trinajstić information content (AvgIpc) is 2.97. The largest absolute Gasteiger partial charge is 0.310 e. The smallest absolute Gasteiger partial charge is 0.226 e. The zero-order valence-corrected chi connectivity index (χ0v) is 16.7. The van der Waals surface area contributed by atoms with Crippen molar-refractivity contribution in [3.63, 3.8) is 0 Å². The van der Waals surface area contributed by atoms with E-state index in [9.17, 15) is 9.59 Å². The molecule has 1 atom stereocenters. The molecule has 142 valence electrons. The van der Waals surface area contributed by atoms with Crippen molar-refractivity contribution in [3.05, 3.63) is 75.4 Å². The Balaban J connectivity index is 1.82. The molecule has 1 aromatic heterocycles. The van der Waals surface area contributed by atoms with E-state index < -0.39 is 5.92 Å². The van der Waals surface area contributed by atoms with Gasteiger partial charge in [0.05, 0.1) is 17.3 Å². The van der Waals surface area contributed by atoms with E-state index in [1.165, 1.54) is 0 Å². The number of aromatic nitrogens is 2. The van der Waals surface area contributed by atoms with E-state index in [-0.39, 0.29) is 18.1 Å². The Morgan fingerprint density at radius 2 is 1.86 bits per heavy atom. The molecule has 1 N–H and O–H groups in total. The molecule has 0 bridgehead atoms. The number of rotatable bonds is 3. The lowest BCUT2D eigenvalue weighted by Gasteiger charge is -2.23. The zero-order valence-electron chi connectivity index (χ0n) is 15.9. The first kappa shape index (κ1) is 18.4. The fourth-order valence-corrected chi connectivity index (χ4v) is 3.94. The SMILES string of the molecule is Cc1ccc(C(=O)[C@@H]2CC(=O)Nc3c2c(C)nn3-c2ccc(Cl)cc2)c(C)c1. The van der Waals surface area contributed by atoms with Crippen LogP contribution in [0.2, 0.25) is 5.02 Å². The minimum absolute atomic E-state index is 0.0487. The van der Waals surface area contributed by atoms with Gasteiger partial charge in [-0.15, -0.1) is 0 Å². The minimum atomic E-state index is -0.550. The number of amides is 1. The molecule has 5 nitrogen and oxygen atoms in total. The Bertz CT molecular complexity index is 1100. The number of ketones is 1. The van der Waals surface area contributed by atoms with Crippen LogP contribution in [-0.2, 0) is 4.79 Å². The van der Waals surface area contributed by atoms with Crippen molar-refractivity contribution < 1.29 is 9.59 Å². The summed E-state index contributed by atoms with van der Waals surface area (Å²) < 4.78 is 1.67. The number of nitrogens with zero attached hydrogens (tertiary/aromatic N) is 2. The Morgan fingerprint density at radius 1 is 1.14 bits per heavy atom. The summed E-state index contributed by atoms with van der Waals surface area (Å²) in [6.45, 7) is 5.78. The highest BCUT2D eigenvalue weighted by atomic mass is 35.5. The van der Waals surface area contributed by atoms with Gasteiger partial charge in [-0.2, -0.15) is 5.10 Å². The van der Waals surface area contributed by atoms with Crippen LogP contribution in [0.5, 0.6) is 0 Å². The predicted molar refractivity (Wildman–Crippen MR) is 110 cm³/mol. The number of hydrogen-bond acceptors (Lipinski definition) is 3. The van der Waals surface area contributed by atoms with Crippen LogP contribution in [0.3, 0.4) is 0 Å². The number of anilines is 1. The molecule has 28 heavy (non-hydrogen) atoms. The van der Waals surface area contributed by atoms with E-state index in [0.29, 0.717) is 16.4 Å². The van der Waals surface area contributed by atoms with Crippen molar-refractivity contribution in [3.8, 4) is 5.69 Å². The number of aryl methyl sites for hydroxylation is 3. The van der Waals surface area contributed by atoms with E-state index in [1.54, 1.807) is 16.8 Å². The van der Waals surface area contributed by atoms with Crippen LogP contribution in [0.25, 0.3) is 5.69 Å². The van der Waals surface area contributed by atoms with Gasteiger partial charge in [-0.05, 0) is 50.6 Å². The number of Topliss-reactive ketones (excluding diaryl/α,β-unsaturated/α-hetero) is 1. The quantitative estimate of drug-likeness (QED) is 0.652. The maximum Gasteiger partial charge on any atom is 0.226 e. The summed E-state index contributed by atoms with van der Waals surface area (Å²) in [5.41, 5.74) is 4.94. The Morgan fingerprint density at radius 3 is 2.54 bits per heavy atom. The highest BCUT2D eigenvalue weighted by Crippen LogP contribution is 2.38. The Labute approximate surface area is 168 Å². The standard InChI is InChI=1S/C22H20ClN3O2/c1-12-4-9-17(13(2)10-12)21(28)18-11-19(27)24-22-20(18)14(3)25-26(22)16-7-5-15(23)6-8-16/h4-10,18H,11H2,1-3H3,(H,24,27)/t18-/m1/s1. The summed E-state index contributed by atoms with van der Waals surface area (Å²) in [6, 6.07) is 13.0. The molecule has 0 spiro atoms. The molecule has 2 heterocycles. The van der Waals surface area contributed by atoms with Crippen LogP contribution >= 0.6 is 11.6 Å². The molecule has 0 unspecified atom stereocenters.